The summed E-state index contributed by atoms with van der Waals surface area (Å²) in [6, 6.07) is 7.83. The Labute approximate surface area is 116 Å². The quantitative estimate of drug-likeness (QED) is 0.898. The number of benzene rings is 1. The molecular weight excluding hydrogens is 239 g/mol. The molecule has 1 fully saturated rings. The zero-order valence-electron chi connectivity index (χ0n) is 12.2. The maximum Gasteiger partial charge on any atom is 0.123 e. The molecule has 19 heavy (non-hydrogen) atoms. The maximum atomic E-state index is 13.3. The minimum absolute atomic E-state index is 0.141. The molecule has 1 aromatic rings. The van der Waals surface area contributed by atoms with E-state index in [2.05, 4.69) is 31.0 Å². The lowest BCUT2D eigenvalue weighted by atomic mass is 9.99. The maximum absolute atomic E-state index is 13.3. The highest BCUT2D eigenvalue weighted by Gasteiger charge is 2.24. The van der Waals surface area contributed by atoms with Gasteiger partial charge in [0.2, 0.25) is 0 Å². The minimum Gasteiger partial charge on any atom is -0.311 e. The third-order valence-corrected chi connectivity index (χ3v) is 3.92. The summed E-state index contributed by atoms with van der Waals surface area (Å²) in [4.78, 5) is 2.46. The van der Waals surface area contributed by atoms with Crippen molar-refractivity contribution in [3.8, 4) is 0 Å². The largest absolute Gasteiger partial charge is 0.311 e. The molecule has 0 bridgehead atoms. The molecule has 2 nitrogen and oxygen atoms in total. The summed E-state index contributed by atoms with van der Waals surface area (Å²) in [5.74, 6) is 0.570. The van der Waals surface area contributed by atoms with Crippen molar-refractivity contribution in [1.29, 1.82) is 0 Å². The normalized spacial score (nSPS) is 22.7. The van der Waals surface area contributed by atoms with Gasteiger partial charge in [-0.25, -0.2) is 4.39 Å². The van der Waals surface area contributed by atoms with E-state index in [-0.39, 0.29) is 11.9 Å². The van der Waals surface area contributed by atoms with Crippen LogP contribution in [0, 0.1) is 11.7 Å². The van der Waals surface area contributed by atoms with E-state index in [1.807, 2.05) is 6.07 Å². The summed E-state index contributed by atoms with van der Waals surface area (Å²) >= 11 is 0. The van der Waals surface area contributed by atoms with Crippen molar-refractivity contribution >= 4 is 0 Å². The summed E-state index contributed by atoms with van der Waals surface area (Å²) in [5.41, 5.74) is 1.07. The smallest absolute Gasteiger partial charge is 0.123 e. The first-order chi connectivity index (χ1) is 9.06. The fraction of sp³-hybridized carbons (Fsp3) is 0.625. The van der Waals surface area contributed by atoms with Crippen molar-refractivity contribution < 1.29 is 4.39 Å². The van der Waals surface area contributed by atoms with Crippen molar-refractivity contribution in [2.45, 2.75) is 39.3 Å². The van der Waals surface area contributed by atoms with Gasteiger partial charge in [-0.15, -0.1) is 0 Å². The number of hydrogen-bond donors (Lipinski definition) is 1. The lowest BCUT2D eigenvalue weighted by Crippen LogP contribution is -2.51. The molecule has 0 aromatic heterocycles. The molecule has 0 radical (unpaired) electrons. The van der Waals surface area contributed by atoms with Crippen LogP contribution in [-0.4, -0.2) is 30.6 Å². The molecule has 2 unspecified atom stereocenters. The molecule has 1 saturated heterocycles. The summed E-state index contributed by atoms with van der Waals surface area (Å²) in [6.45, 7) is 9.80. The van der Waals surface area contributed by atoms with E-state index in [0.717, 1.165) is 25.2 Å². The van der Waals surface area contributed by atoms with Crippen LogP contribution in [-0.2, 0) is 0 Å². The van der Waals surface area contributed by atoms with Crippen molar-refractivity contribution in [2.24, 2.45) is 5.92 Å². The number of halogens is 1. The highest BCUT2D eigenvalue weighted by atomic mass is 19.1. The van der Waals surface area contributed by atoms with E-state index in [1.165, 1.54) is 12.5 Å². The van der Waals surface area contributed by atoms with Crippen molar-refractivity contribution in [2.75, 3.05) is 19.6 Å². The van der Waals surface area contributed by atoms with Crippen molar-refractivity contribution in [1.82, 2.24) is 10.2 Å². The number of rotatable bonds is 4. The number of nitrogens with one attached hydrogen (secondary N) is 1. The predicted octanol–water partition coefficient (Wildman–Crippen LogP) is 3.21. The molecule has 106 valence electrons. The molecule has 0 amide bonds. The van der Waals surface area contributed by atoms with Gasteiger partial charge in [-0.05, 0) is 37.0 Å². The van der Waals surface area contributed by atoms with Gasteiger partial charge in [-0.1, -0.05) is 26.0 Å². The standard InChI is InChI=1S/C16H25FN2/c1-12(2)9-16-11-19(8-7-18-16)13(3)14-5-4-6-15(17)10-14/h4-6,10,12-13,16,18H,7-9,11H2,1-3H3. The van der Waals surface area contributed by atoms with Crippen LogP contribution in [0.4, 0.5) is 4.39 Å². The monoisotopic (exact) mass is 264 g/mol. The fourth-order valence-corrected chi connectivity index (χ4v) is 2.91. The van der Waals surface area contributed by atoms with Crippen LogP contribution in [0.15, 0.2) is 24.3 Å². The molecule has 2 rings (SSSR count). The first-order valence-corrected chi connectivity index (χ1v) is 7.29. The Morgan fingerprint density at radius 2 is 2.16 bits per heavy atom. The molecule has 0 saturated carbocycles. The predicted molar refractivity (Wildman–Crippen MR) is 77.6 cm³/mol. The molecule has 1 heterocycles. The number of hydrogen-bond acceptors (Lipinski definition) is 2. The van der Waals surface area contributed by atoms with Crippen LogP contribution in [0.25, 0.3) is 0 Å². The lowest BCUT2D eigenvalue weighted by molar-refractivity contribution is 0.143. The summed E-state index contributed by atoms with van der Waals surface area (Å²) in [6.07, 6.45) is 1.20. The fourth-order valence-electron chi connectivity index (χ4n) is 2.91. The summed E-state index contributed by atoms with van der Waals surface area (Å²) in [5, 5.41) is 3.58. The van der Waals surface area contributed by atoms with Crippen molar-refractivity contribution in [3.05, 3.63) is 35.6 Å². The summed E-state index contributed by atoms with van der Waals surface area (Å²) in [7, 11) is 0. The first-order valence-electron chi connectivity index (χ1n) is 7.29. The summed E-state index contributed by atoms with van der Waals surface area (Å²) < 4.78 is 13.3. The van der Waals surface area contributed by atoms with Gasteiger partial charge in [0.1, 0.15) is 5.82 Å². The minimum atomic E-state index is -0.141. The Morgan fingerprint density at radius 3 is 2.84 bits per heavy atom. The van der Waals surface area contributed by atoms with E-state index in [4.69, 9.17) is 0 Å². The highest BCUT2D eigenvalue weighted by Crippen LogP contribution is 2.23. The van der Waals surface area contributed by atoms with Gasteiger partial charge < -0.3 is 5.32 Å². The van der Waals surface area contributed by atoms with Gasteiger partial charge in [-0.2, -0.15) is 0 Å². The van der Waals surface area contributed by atoms with Gasteiger partial charge in [0.05, 0.1) is 0 Å². The molecular formula is C16H25FN2. The topological polar surface area (TPSA) is 15.3 Å². The average molecular weight is 264 g/mol. The third-order valence-electron chi connectivity index (χ3n) is 3.92. The van der Waals surface area contributed by atoms with E-state index in [0.29, 0.717) is 12.0 Å². The third kappa shape index (κ3) is 4.02. The van der Waals surface area contributed by atoms with Crippen LogP contribution in [0.3, 0.4) is 0 Å². The Bertz CT molecular complexity index is 405. The molecule has 1 N–H and O–H groups in total. The second-order valence-electron chi connectivity index (χ2n) is 6.01. The Morgan fingerprint density at radius 1 is 1.37 bits per heavy atom. The molecule has 1 aliphatic heterocycles. The van der Waals surface area contributed by atoms with E-state index >= 15 is 0 Å². The van der Waals surface area contributed by atoms with E-state index < -0.39 is 0 Å². The second kappa shape index (κ2) is 6.49. The molecule has 0 aliphatic carbocycles. The van der Waals surface area contributed by atoms with E-state index in [9.17, 15) is 4.39 Å². The molecule has 1 aliphatic rings. The van der Waals surface area contributed by atoms with Crippen LogP contribution in [0.5, 0.6) is 0 Å². The lowest BCUT2D eigenvalue weighted by Gasteiger charge is -2.38. The average Bonchev–Trinajstić information content (AvgIpc) is 2.37. The molecule has 1 aromatic carbocycles. The van der Waals surface area contributed by atoms with Gasteiger partial charge in [0, 0.05) is 31.7 Å². The van der Waals surface area contributed by atoms with Gasteiger partial charge in [0.15, 0.2) is 0 Å². The van der Waals surface area contributed by atoms with Crippen LogP contribution in [0.1, 0.15) is 38.8 Å². The van der Waals surface area contributed by atoms with Crippen LogP contribution < -0.4 is 5.32 Å². The molecule has 0 spiro atoms. The zero-order valence-corrected chi connectivity index (χ0v) is 12.2. The Hall–Kier alpha value is -0.930. The molecule has 2 atom stereocenters. The Balaban J connectivity index is 2.00. The zero-order chi connectivity index (χ0) is 13.8. The van der Waals surface area contributed by atoms with Gasteiger partial charge in [-0.3, -0.25) is 4.90 Å². The van der Waals surface area contributed by atoms with E-state index in [1.54, 1.807) is 12.1 Å². The van der Waals surface area contributed by atoms with Gasteiger partial charge >= 0.3 is 0 Å². The number of piperazine rings is 1. The number of nitrogens with zero attached hydrogens (tertiary/aromatic N) is 1. The van der Waals surface area contributed by atoms with Crippen LogP contribution in [0.2, 0.25) is 0 Å². The molecule has 3 heteroatoms. The first kappa shape index (κ1) is 14.5. The second-order valence-corrected chi connectivity index (χ2v) is 6.01. The van der Waals surface area contributed by atoms with Gasteiger partial charge in [0.25, 0.3) is 0 Å². The Kier molecular flexibility index (Phi) is 4.94. The van der Waals surface area contributed by atoms with Crippen LogP contribution >= 0.6 is 0 Å². The SMILES string of the molecule is CC(C)CC1CN(C(C)c2cccc(F)c2)CCN1. The highest BCUT2D eigenvalue weighted by molar-refractivity contribution is 5.19. The van der Waals surface area contributed by atoms with Crippen molar-refractivity contribution in [3.63, 3.8) is 0 Å².